The largest absolute Gasteiger partial charge is 0.322 e. The predicted molar refractivity (Wildman–Crippen MR) is 45.2 cm³/mol. The Morgan fingerprint density at radius 3 is 1.08 bits per heavy atom. The smallest absolute Gasteiger partial charge is 0.245 e. The van der Waals surface area contributed by atoms with Gasteiger partial charge < -0.3 is 4.79 Å². The molecule has 0 atom stereocenters. The molecule has 0 bridgehead atoms. The zero-order valence-corrected chi connectivity index (χ0v) is 8.87. The van der Waals surface area contributed by atoms with Crippen LogP contribution in [0.5, 0.6) is 0 Å². The average Bonchev–Trinajstić information content (AvgIpc) is 1.82. The van der Waals surface area contributed by atoms with E-state index in [0.29, 0.717) is 0 Å². The maximum Gasteiger partial charge on any atom is 0.245 e. The van der Waals surface area contributed by atoms with Crippen LogP contribution in [0, 0.1) is 5.41 Å². The molecule has 0 unspecified atom stereocenters. The van der Waals surface area contributed by atoms with Gasteiger partial charge in [-0.05, 0) is 20.8 Å². The van der Waals surface area contributed by atoms with Gasteiger partial charge in [-0.3, -0.25) is 14.4 Å². The molecule has 0 aliphatic rings. The molecule has 0 amide bonds. The first-order valence-electron chi connectivity index (χ1n) is 3.61. The molecule has 0 aliphatic heterocycles. The molecule has 5 heteroatoms. The van der Waals surface area contributed by atoms with Gasteiger partial charge in [0.05, 0.1) is 4.65 Å². The summed E-state index contributed by atoms with van der Waals surface area (Å²) < 4.78 is -0.792. The van der Waals surface area contributed by atoms with Gasteiger partial charge in [0.1, 0.15) is 0 Å². The standard InChI is InChI=1S/C8H9O4.Al/c1-5(10)8(4-9,6(2)11)7(3)12;/h1-3H3;. The Hall–Kier alpha value is -0.788. The first-order chi connectivity index (χ1) is 5.77. The summed E-state index contributed by atoms with van der Waals surface area (Å²) in [5.41, 5.74) is -2.09. The Bertz CT molecular complexity index is 231. The third-order valence-corrected chi connectivity index (χ3v) is 2.39. The van der Waals surface area contributed by atoms with E-state index in [1.54, 1.807) is 16.3 Å². The summed E-state index contributed by atoms with van der Waals surface area (Å²) in [6.07, 6.45) is 0. The lowest BCUT2D eigenvalue weighted by Crippen LogP contribution is -2.50. The third kappa shape index (κ3) is 1.77. The van der Waals surface area contributed by atoms with E-state index >= 15 is 0 Å². The minimum atomic E-state index is -2.09. The number of carbonyl (C=O) groups is 4. The number of hydrogen-bond acceptors (Lipinski definition) is 4. The molecule has 0 N–H and O–H groups in total. The van der Waals surface area contributed by atoms with Gasteiger partial charge >= 0.3 is 0 Å². The van der Waals surface area contributed by atoms with Crippen molar-refractivity contribution in [3.05, 3.63) is 0 Å². The van der Waals surface area contributed by atoms with Crippen molar-refractivity contribution in [3.63, 3.8) is 0 Å². The number of Topliss-reactive ketones (excluding diaryl/α,β-unsaturated/α-hetero) is 3. The van der Waals surface area contributed by atoms with Gasteiger partial charge in [-0.25, -0.2) is 0 Å². The van der Waals surface area contributed by atoms with Crippen LogP contribution in [-0.4, -0.2) is 38.3 Å². The number of carbonyl (C=O) groups excluding carboxylic acids is 4. The van der Waals surface area contributed by atoms with Crippen molar-refractivity contribution in [2.45, 2.75) is 20.8 Å². The molecule has 0 saturated carbocycles. The highest BCUT2D eigenvalue weighted by atomic mass is 27.0. The summed E-state index contributed by atoms with van der Waals surface area (Å²) in [4.78, 5) is 44.4. The van der Waals surface area contributed by atoms with Crippen LogP contribution in [0.2, 0.25) is 0 Å². The summed E-state index contributed by atoms with van der Waals surface area (Å²) in [6.45, 7) is 3.18. The van der Waals surface area contributed by atoms with E-state index in [-0.39, 0.29) is 0 Å². The monoisotopic (exact) mass is 196 g/mol. The van der Waals surface area contributed by atoms with Crippen molar-refractivity contribution in [1.29, 1.82) is 0 Å². The Balaban J connectivity index is 5.60. The van der Waals surface area contributed by atoms with Gasteiger partial charge in [-0.2, -0.15) is 0 Å². The second kappa shape index (κ2) is 3.95. The fourth-order valence-corrected chi connectivity index (χ4v) is 1.87. The van der Waals surface area contributed by atoms with Gasteiger partial charge in [0.15, 0.2) is 22.8 Å². The van der Waals surface area contributed by atoms with Crippen LogP contribution in [0.15, 0.2) is 0 Å². The molecular formula is C8H9AlO4. The van der Waals surface area contributed by atoms with E-state index in [1.807, 2.05) is 0 Å². The van der Waals surface area contributed by atoms with Crippen LogP contribution in [-0.2, 0) is 19.2 Å². The number of rotatable bonds is 4. The number of hydrogen-bond donors (Lipinski definition) is 0. The third-order valence-electron chi connectivity index (χ3n) is 1.95. The lowest BCUT2D eigenvalue weighted by atomic mass is 9.78. The topological polar surface area (TPSA) is 68.3 Å². The summed E-state index contributed by atoms with van der Waals surface area (Å²) in [5.74, 6) is -2.19. The van der Waals surface area contributed by atoms with E-state index in [2.05, 4.69) is 0 Å². The first kappa shape index (κ1) is 12.2. The second-order valence-corrected chi connectivity index (χ2v) is 3.31. The Labute approximate surface area is 84.1 Å². The van der Waals surface area contributed by atoms with Gasteiger partial charge in [0.25, 0.3) is 0 Å². The fraction of sp³-hybridized carbons (Fsp3) is 0.500. The average molecular weight is 196 g/mol. The normalized spacial score (nSPS) is 10.7. The van der Waals surface area contributed by atoms with Crippen molar-refractivity contribution < 1.29 is 19.2 Å². The minimum Gasteiger partial charge on any atom is -0.322 e. The Morgan fingerprint density at radius 1 is 0.846 bits per heavy atom. The van der Waals surface area contributed by atoms with E-state index in [1.165, 1.54) is 0 Å². The maximum atomic E-state index is 11.1. The van der Waals surface area contributed by atoms with Crippen molar-refractivity contribution in [3.8, 4) is 0 Å². The summed E-state index contributed by atoms with van der Waals surface area (Å²) in [7, 11) is 0. The summed E-state index contributed by atoms with van der Waals surface area (Å²) >= 11 is 1.71. The van der Waals surface area contributed by atoms with Crippen LogP contribution >= 0.6 is 0 Å². The zero-order valence-electron chi connectivity index (χ0n) is 7.71. The van der Waals surface area contributed by atoms with Crippen LogP contribution in [0.4, 0.5) is 0 Å². The minimum absolute atomic E-state index is 0.729. The van der Waals surface area contributed by atoms with Crippen LogP contribution in [0.3, 0.4) is 0 Å². The molecule has 0 aromatic carbocycles. The van der Waals surface area contributed by atoms with Crippen LogP contribution in [0.25, 0.3) is 0 Å². The molecule has 2 radical (unpaired) electrons. The van der Waals surface area contributed by atoms with Gasteiger partial charge in [0, 0.05) is 0 Å². The van der Waals surface area contributed by atoms with E-state index in [9.17, 15) is 19.2 Å². The molecule has 0 aliphatic carbocycles. The zero-order chi connectivity index (χ0) is 10.8. The van der Waals surface area contributed by atoms with Crippen molar-refractivity contribution in [2.24, 2.45) is 5.41 Å². The summed E-state index contributed by atoms with van der Waals surface area (Å²) in [5, 5.41) is 0. The number of ketones is 3. The molecule has 0 spiro atoms. The van der Waals surface area contributed by atoms with E-state index in [4.69, 9.17) is 0 Å². The molecule has 13 heavy (non-hydrogen) atoms. The second-order valence-electron chi connectivity index (χ2n) is 2.78. The van der Waals surface area contributed by atoms with E-state index in [0.717, 1.165) is 20.8 Å². The van der Waals surface area contributed by atoms with Gasteiger partial charge in [-0.15, -0.1) is 0 Å². The molecular weight excluding hydrogens is 187 g/mol. The molecule has 0 rings (SSSR count). The van der Waals surface area contributed by atoms with Crippen LogP contribution < -0.4 is 0 Å². The maximum absolute atomic E-state index is 11.1. The molecule has 0 fully saturated rings. The molecule has 68 valence electrons. The molecule has 0 saturated heterocycles. The predicted octanol–water partition coefficient (Wildman–Crippen LogP) is -0.565. The lowest BCUT2D eigenvalue weighted by Gasteiger charge is -2.23. The molecule has 0 aromatic rings. The summed E-state index contributed by atoms with van der Waals surface area (Å²) in [6, 6.07) is 0. The Morgan fingerprint density at radius 2 is 1.08 bits per heavy atom. The highest BCUT2D eigenvalue weighted by molar-refractivity contribution is 6.67. The van der Waals surface area contributed by atoms with Gasteiger partial charge in [0.2, 0.25) is 16.3 Å². The molecule has 4 nitrogen and oxygen atoms in total. The SMILES string of the molecule is CC(=O)C(C(C)=O)(C(C)=O)[C](=O)[Al]. The lowest BCUT2D eigenvalue weighted by molar-refractivity contribution is -0.150. The highest BCUT2D eigenvalue weighted by Gasteiger charge is 2.48. The van der Waals surface area contributed by atoms with Gasteiger partial charge in [-0.1, -0.05) is 0 Å². The molecule has 0 heterocycles. The van der Waals surface area contributed by atoms with Crippen molar-refractivity contribution in [2.75, 3.05) is 0 Å². The van der Waals surface area contributed by atoms with Crippen molar-refractivity contribution in [1.82, 2.24) is 0 Å². The highest BCUT2D eigenvalue weighted by Crippen LogP contribution is 2.21. The first-order valence-corrected chi connectivity index (χ1v) is 4.18. The van der Waals surface area contributed by atoms with Crippen LogP contribution in [0.1, 0.15) is 20.8 Å². The Kier molecular flexibility index (Phi) is 3.71. The fourth-order valence-electron chi connectivity index (χ4n) is 1.26. The van der Waals surface area contributed by atoms with E-state index < -0.39 is 27.4 Å². The van der Waals surface area contributed by atoms with Crippen molar-refractivity contribution >= 4 is 38.3 Å². The quantitative estimate of drug-likeness (QED) is 0.446. The molecule has 0 aromatic heterocycles.